The standard InChI is InChI=1S/C25H18IO2S/c1-27-22-15-14-19(16-23(22)28-18-12-10-17(26)11-13-18)29-24-8-4-2-6-20(24)21-7-3-5-9-25(21)29/h2-16H,1H3/q+1. The maximum absolute atomic E-state index is 6.21. The van der Waals surface area contributed by atoms with Gasteiger partial charge in [0.1, 0.15) is 5.75 Å². The first-order valence-corrected chi connectivity index (χ1v) is 11.6. The monoisotopic (exact) mass is 509 g/mol. The van der Waals surface area contributed by atoms with Crippen molar-refractivity contribution in [1.29, 1.82) is 0 Å². The minimum absolute atomic E-state index is 0.160. The zero-order valence-electron chi connectivity index (χ0n) is 15.8. The van der Waals surface area contributed by atoms with Crippen molar-refractivity contribution in [2.24, 2.45) is 0 Å². The van der Waals surface area contributed by atoms with Gasteiger partial charge < -0.3 is 9.47 Å². The molecule has 0 aliphatic carbocycles. The molecule has 0 unspecified atom stereocenters. The van der Waals surface area contributed by atoms with Gasteiger partial charge in [0.2, 0.25) is 0 Å². The Bertz CT molecular complexity index is 1270. The molecule has 29 heavy (non-hydrogen) atoms. The lowest BCUT2D eigenvalue weighted by atomic mass is 10.2. The summed E-state index contributed by atoms with van der Waals surface area (Å²) in [6.07, 6.45) is 0. The smallest absolute Gasteiger partial charge is 0.187 e. The molecule has 0 amide bonds. The summed E-state index contributed by atoms with van der Waals surface area (Å²) in [6, 6.07) is 31.7. The molecule has 0 fully saturated rings. The van der Waals surface area contributed by atoms with Gasteiger partial charge in [0, 0.05) is 36.9 Å². The van der Waals surface area contributed by atoms with Gasteiger partial charge in [-0.2, -0.15) is 0 Å². The van der Waals surface area contributed by atoms with E-state index in [-0.39, 0.29) is 10.5 Å². The van der Waals surface area contributed by atoms with Gasteiger partial charge in [-0.25, -0.2) is 0 Å². The predicted octanol–water partition coefficient (Wildman–Crippen LogP) is 8.14. The highest BCUT2D eigenvalue weighted by molar-refractivity contribution is 14.1. The van der Waals surface area contributed by atoms with E-state index in [1.807, 2.05) is 30.3 Å². The van der Waals surface area contributed by atoms with Crippen molar-refractivity contribution in [2.45, 2.75) is 0 Å². The zero-order chi connectivity index (χ0) is 19.8. The second-order valence-electron chi connectivity index (χ2n) is 6.67. The Morgan fingerprint density at radius 1 is 0.690 bits per heavy atom. The van der Waals surface area contributed by atoms with Crippen molar-refractivity contribution in [2.75, 3.05) is 7.11 Å². The summed E-state index contributed by atoms with van der Waals surface area (Å²) >= 11 is 2.29. The Balaban J connectivity index is 1.70. The normalized spacial score (nSPS) is 11.1. The molecule has 1 aromatic heterocycles. The molecule has 0 saturated carbocycles. The van der Waals surface area contributed by atoms with Crippen molar-refractivity contribution in [3.63, 3.8) is 0 Å². The number of hydrogen-bond donors (Lipinski definition) is 0. The van der Waals surface area contributed by atoms with Crippen LogP contribution in [0.3, 0.4) is 0 Å². The van der Waals surface area contributed by atoms with E-state index in [4.69, 9.17) is 9.47 Å². The number of halogens is 1. The maximum atomic E-state index is 6.21. The first-order valence-electron chi connectivity index (χ1n) is 9.29. The largest absolute Gasteiger partial charge is 0.493 e. The fraction of sp³-hybridized carbons (Fsp3) is 0.0400. The summed E-state index contributed by atoms with van der Waals surface area (Å²) in [6.45, 7) is 0. The van der Waals surface area contributed by atoms with E-state index in [1.165, 1.54) is 28.6 Å². The second kappa shape index (κ2) is 7.69. The number of ether oxygens (including phenoxy) is 2. The van der Waals surface area contributed by atoms with E-state index in [9.17, 15) is 0 Å². The second-order valence-corrected chi connectivity index (χ2v) is 9.88. The molecule has 1 heterocycles. The van der Waals surface area contributed by atoms with Crippen LogP contribution in [-0.2, 0) is 0 Å². The third kappa shape index (κ3) is 3.36. The molecule has 4 aromatic carbocycles. The lowest BCUT2D eigenvalue weighted by molar-refractivity contribution is 0.379. The molecular formula is C25H18IO2S+. The number of rotatable bonds is 4. The lowest BCUT2D eigenvalue weighted by Gasteiger charge is -2.10. The number of methoxy groups -OCH3 is 1. The summed E-state index contributed by atoms with van der Waals surface area (Å²) in [7, 11) is 1.52. The Labute approximate surface area is 185 Å². The average Bonchev–Trinajstić information content (AvgIpc) is 3.10. The molecule has 0 spiro atoms. The summed E-state index contributed by atoms with van der Waals surface area (Å²) < 4.78 is 15.7. The van der Waals surface area contributed by atoms with Crippen LogP contribution < -0.4 is 9.47 Å². The Hall–Kier alpha value is -2.57. The number of fused-ring (bicyclic) bond motifs is 3. The lowest BCUT2D eigenvalue weighted by Crippen LogP contribution is -1.90. The van der Waals surface area contributed by atoms with Crippen LogP contribution in [0, 0.1) is 3.57 Å². The number of benzene rings is 4. The van der Waals surface area contributed by atoms with E-state index in [0.717, 1.165) is 17.2 Å². The molecule has 2 nitrogen and oxygen atoms in total. The highest BCUT2D eigenvalue weighted by Crippen LogP contribution is 2.50. The zero-order valence-corrected chi connectivity index (χ0v) is 18.7. The third-order valence-electron chi connectivity index (χ3n) is 4.92. The molecule has 0 aliphatic rings. The van der Waals surface area contributed by atoms with Crippen molar-refractivity contribution < 1.29 is 9.47 Å². The quantitative estimate of drug-likeness (QED) is 0.180. The maximum Gasteiger partial charge on any atom is 0.187 e. The minimum Gasteiger partial charge on any atom is -0.493 e. The molecule has 142 valence electrons. The molecule has 4 heteroatoms. The summed E-state index contributed by atoms with van der Waals surface area (Å²) in [5.41, 5.74) is 0. The van der Waals surface area contributed by atoms with Crippen molar-refractivity contribution in [1.82, 2.24) is 0 Å². The van der Waals surface area contributed by atoms with Crippen molar-refractivity contribution in [3.05, 3.63) is 94.6 Å². The Morgan fingerprint density at radius 2 is 1.31 bits per heavy atom. The summed E-state index contributed by atoms with van der Waals surface area (Å²) in [5, 5.41) is 2.64. The van der Waals surface area contributed by atoms with Gasteiger partial charge >= 0.3 is 0 Å². The van der Waals surface area contributed by atoms with Crippen molar-refractivity contribution >= 4 is 53.2 Å². The fourth-order valence-electron chi connectivity index (χ4n) is 3.60. The van der Waals surface area contributed by atoms with Crippen molar-refractivity contribution in [3.8, 4) is 22.1 Å². The predicted molar refractivity (Wildman–Crippen MR) is 131 cm³/mol. The van der Waals surface area contributed by atoms with Gasteiger partial charge in [-0.05, 0) is 77.2 Å². The highest BCUT2D eigenvalue weighted by atomic mass is 127. The van der Waals surface area contributed by atoms with E-state index in [2.05, 4.69) is 83.3 Å². The SMILES string of the molecule is COc1ccc(-[s+]2c3ccccc3c3ccccc32)cc1Oc1ccc(I)cc1. The van der Waals surface area contributed by atoms with E-state index < -0.39 is 0 Å². The van der Waals surface area contributed by atoms with Crippen LogP contribution in [-0.4, -0.2) is 7.11 Å². The first kappa shape index (κ1) is 18.5. The molecule has 0 radical (unpaired) electrons. The van der Waals surface area contributed by atoms with Crippen LogP contribution in [0.1, 0.15) is 0 Å². The van der Waals surface area contributed by atoms with Crippen LogP contribution in [0.25, 0.3) is 25.1 Å². The summed E-state index contributed by atoms with van der Waals surface area (Å²) in [4.78, 5) is 1.23. The Morgan fingerprint density at radius 3 is 1.93 bits per heavy atom. The van der Waals surface area contributed by atoms with Gasteiger partial charge in [-0.15, -0.1) is 0 Å². The molecule has 0 N–H and O–H groups in total. The van der Waals surface area contributed by atoms with E-state index in [1.54, 1.807) is 7.11 Å². The topological polar surface area (TPSA) is 18.5 Å². The molecule has 5 rings (SSSR count). The molecule has 0 bridgehead atoms. The van der Waals surface area contributed by atoms with Crippen LogP contribution in [0.2, 0.25) is 0 Å². The summed E-state index contributed by atoms with van der Waals surface area (Å²) in [5.74, 6) is 2.27. The van der Waals surface area contributed by atoms with Crippen LogP contribution >= 0.6 is 33.1 Å². The Kier molecular flexibility index (Phi) is 4.89. The van der Waals surface area contributed by atoms with Crippen LogP contribution in [0.5, 0.6) is 17.2 Å². The average molecular weight is 509 g/mol. The fourth-order valence-corrected chi connectivity index (χ4v) is 6.36. The third-order valence-corrected chi connectivity index (χ3v) is 7.95. The van der Waals surface area contributed by atoms with Gasteiger partial charge in [-0.3, -0.25) is 0 Å². The van der Waals surface area contributed by atoms with Crippen LogP contribution in [0.15, 0.2) is 91.0 Å². The molecule has 0 aliphatic heterocycles. The molecule has 0 saturated heterocycles. The number of hydrogen-bond acceptors (Lipinski definition) is 2. The van der Waals surface area contributed by atoms with Gasteiger partial charge in [0.05, 0.1) is 7.11 Å². The van der Waals surface area contributed by atoms with Gasteiger partial charge in [-0.1, -0.05) is 24.3 Å². The van der Waals surface area contributed by atoms with Crippen LogP contribution in [0.4, 0.5) is 0 Å². The highest BCUT2D eigenvalue weighted by Gasteiger charge is 2.24. The van der Waals surface area contributed by atoms with E-state index >= 15 is 0 Å². The first-order chi connectivity index (χ1) is 14.2. The molecule has 5 aromatic rings. The van der Waals surface area contributed by atoms with E-state index in [0.29, 0.717) is 0 Å². The van der Waals surface area contributed by atoms with Gasteiger partial charge in [0.25, 0.3) is 0 Å². The molecule has 0 atom stereocenters. The minimum atomic E-state index is -0.160. The van der Waals surface area contributed by atoms with Gasteiger partial charge in [0.15, 0.2) is 25.8 Å². The number of thiophene rings is 1. The molecular weight excluding hydrogens is 491 g/mol.